The van der Waals surface area contributed by atoms with Crippen molar-refractivity contribution in [3.05, 3.63) is 95.3 Å². The van der Waals surface area contributed by atoms with Crippen molar-refractivity contribution >= 4 is 0 Å². The molecular formula is C31H27F9O2. The van der Waals surface area contributed by atoms with Crippen molar-refractivity contribution in [3.63, 3.8) is 0 Å². The van der Waals surface area contributed by atoms with Gasteiger partial charge in [0.25, 0.3) is 0 Å². The maximum atomic E-state index is 14.9. The molecule has 0 N–H and O–H groups in total. The molecule has 0 saturated heterocycles. The van der Waals surface area contributed by atoms with E-state index in [0.717, 1.165) is 43.6 Å². The van der Waals surface area contributed by atoms with Crippen LogP contribution in [0.3, 0.4) is 0 Å². The van der Waals surface area contributed by atoms with Gasteiger partial charge >= 0.3 is 12.3 Å². The zero-order chi connectivity index (χ0) is 30.7. The number of ether oxygens (including phenoxy) is 2. The number of hydrogen-bond donors (Lipinski definition) is 0. The third kappa shape index (κ3) is 7.60. The van der Waals surface area contributed by atoms with Crippen LogP contribution in [0.15, 0.2) is 60.9 Å². The van der Waals surface area contributed by atoms with E-state index in [1.54, 1.807) is 12.1 Å². The van der Waals surface area contributed by atoms with Gasteiger partial charge in [-0.25, -0.2) is 17.6 Å². The van der Waals surface area contributed by atoms with Crippen molar-refractivity contribution in [3.8, 4) is 22.6 Å². The molecule has 0 heterocycles. The summed E-state index contributed by atoms with van der Waals surface area (Å²) in [6.07, 6.45) is -3.29. The molecule has 0 aromatic heterocycles. The molecule has 1 aliphatic carbocycles. The topological polar surface area (TPSA) is 18.5 Å². The zero-order valence-corrected chi connectivity index (χ0v) is 22.4. The predicted molar refractivity (Wildman–Crippen MR) is 138 cm³/mol. The van der Waals surface area contributed by atoms with Gasteiger partial charge in [0, 0.05) is 12.1 Å². The first-order chi connectivity index (χ1) is 19.8. The molecule has 0 spiro atoms. The number of benzene rings is 3. The Morgan fingerprint density at radius 3 is 1.86 bits per heavy atom. The molecule has 1 aliphatic rings. The van der Waals surface area contributed by atoms with Crippen LogP contribution in [0.4, 0.5) is 39.5 Å². The number of rotatable bonds is 9. The van der Waals surface area contributed by atoms with Crippen molar-refractivity contribution in [1.82, 2.24) is 0 Å². The van der Waals surface area contributed by atoms with Gasteiger partial charge in [-0.1, -0.05) is 44.0 Å². The number of allylic oxidation sites excluding steroid dienone is 1. The van der Waals surface area contributed by atoms with Crippen LogP contribution in [0.2, 0.25) is 0 Å². The summed E-state index contributed by atoms with van der Waals surface area (Å²) < 4.78 is 133. The summed E-state index contributed by atoms with van der Waals surface area (Å²) in [5.74, 6) is -8.11. The van der Waals surface area contributed by atoms with Gasteiger partial charge < -0.3 is 9.47 Å². The first kappa shape index (κ1) is 31.3. The summed E-state index contributed by atoms with van der Waals surface area (Å²) in [7, 11) is 0. The van der Waals surface area contributed by atoms with E-state index < -0.39 is 58.7 Å². The highest BCUT2D eigenvalue weighted by Crippen LogP contribution is 2.40. The standard InChI is InChI=1S/C31H27F9O2/c1-2-3-18-4-6-19(7-5-18)20-8-10-21(11-9-20)22-14-24(32)28(25(33)15-22)31(39,40)42-23-16-26(34)29(27(35)17-23)41-13-12-30(36,37)38/h8-19H,2-7H2,1H3/b13-12+. The van der Waals surface area contributed by atoms with Gasteiger partial charge in [0.15, 0.2) is 17.4 Å². The van der Waals surface area contributed by atoms with Gasteiger partial charge in [0.2, 0.25) is 0 Å². The molecule has 42 heavy (non-hydrogen) atoms. The Hall–Kier alpha value is -3.63. The first-order valence-electron chi connectivity index (χ1n) is 13.3. The first-order valence-corrected chi connectivity index (χ1v) is 13.3. The molecule has 0 aliphatic heterocycles. The molecule has 3 aromatic rings. The lowest BCUT2D eigenvalue weighted by Crippen LogP contribution is -2.25. The quantitative estimate of drug-likeness (QED) is 0.179. The van der Waals surface area contributed by atoms with E-state index in [-0.39, 0.29) is 24.0 Å². The van der Waals surface area contributed by atoms with Crippen LogP contribution in [-0.2, 0) is 6.11 Å². The molecule has 226 valence electrons. The van der Waals surface area contributed by atoms with Crippen LogP contribution < -0.4 is 9.47 Å². The van der Waals surface area contributed by atoms with Gasteiger partial charge in [0.05, 0.1) is 12.3 Å². The molecule has 0 atom stereocenters. The van der Waals surface area contributed by atoms with Gasteiger partial charge in [-0.05, 0) is 66.3 Å². The lowest BCUT2D eigenvalue weighted by atomic mass is 9.77. The maximum absolute atomic E-state index is 14.9. The highest BCUT2D eigenvalue weighted by atomic mass is 19.4. The van der Waals surface area contributed by atoms with E-state index in [9.17, 15) is 39.5 Å². The molecule has 0 bridgehead atoms. The highest BCUT2D eigenvalue weighted by Gasteiger charge is 2.41. The van der Waals surface area contributed by atoms with E-state index in [0.29, 0.717) is 23.6 Å². The Balaban J connectivity index is 1.49. The highest BCUT2D eigenvalue weighted by molar-refractivity contribution is 5.64. The van der Waals surface area contributed by atoms with E-state index in [2.05, 4.69) is 16.4 Å². The lowest BCUT2D eigenvalue weighted by Gasteiger charge is -2.28. The van der Waals surface area contributed by atoms with Gasteiger partial charge in [-0.2, -0.15) is 22.0 Å². The van der Waals surface area contributed by atoms with E-state index in [4.69, 9.17) is 0 Å². The molecular weight excluding hydrogens is 575 g/mol. The minimum absolute atomic E-state index is 0.00624. The van der Waals surface area contributed by atoms with Crippen LogP contribution in [0.5, 0.6) is 11.5 Å². The SMILES string of the molecule is CCCC1CCC(c2ccc(-c3cc(F)c(C(F)(F)Oc4cc(F)c(O/C=C/C(F)(F)F)c(F)c4)c(F)c3)cc2)CC1. The summed E-state index contributed by atoms with van der Waals surface area (Å²) in [4.78, 5) is 0. The molecule has 2 nitrogen and oxygen atoms in total. The largest absolute Gasteiger partial charge is 0.459 e. The summed E-state index contributed by atoms with van der Waals surface area (Å²) in [5.41, 5.74) is -0.307. The predicted octanol–water partition coefficient (Wildman–Crippen LogP) is 10.6. The number of hydrogen-bond acceptors (Lipinski definition) is 2. The second-order valence-electron chi connectivity index (χ2n) is 10.2. The summed E-state index contributed by atoms with van der Waals surface area (Å²) in [6.45, 7) is 2.17. The lowest BCUT2D eigenvalue weighted by molar-refractivity contribution is -0.189. The summed E-state index contributed by atoms with van der Waals surface area (Å²) >= 11 is 0. The molecule has 1 saturated carbocycles. The maximum Gasteiger partial charge on any atom is 0.432 e. The second kappa shape index (κ2) is 12.7. The smallest absolute Gasteiger partial charge is 0.432 e. The van der Waals surface area contributed by atoms with Crippen LogP contribution in [-0.4, -0.2) is 6.18 Å². The van der Waals surface area contributed by atoms with Gasteiger partial charge in [-0.3, -0.25) is 0 Å². The molecule has 1 fully saturated rings. The third-order valence-corrected chi connectivity index (χ3v) is 7.25. The fourth-order valence-electron chi connectivity index (χ4n) is 5.24. The molecule has 11 heteroatoms. The molecule has 0 amide bonds. The Morgan fingerprint density at radius 2 is 1.33 bits per heavy atom. The van der Waals surface area contributed by atoms with Crippen molar-refractivity contribution < 1.29 is 49.0 Å². The van der Waals surface area contributed by atoms with Crippen LogP contribution in [0.1, 0.15) is 62.5 Å². The summed E-state index contributed by atoms with van der Waals surface area (Å²) in [5, 5.41) is 0. The average molecular weight is 603 g/mol. The van der Waals surface area contributed by atoms with Crippen molar-refractivity contribution in [2.24, 2.45) is 5.92 Å². The Bertz CT molecular complexity index is 1360. The second-order valence-corrected chi connectivity index (χ2v) is 10.2. The monoisotopic (exact) mass is 602 g/mol. The normalized spacial score (nSPS) is 18.0. The Morgan fingerprint density at radius 1 is 0.762 bits per heavy atom. The van der Waals surface area contributed by atoms with E-state index in [1.165, 1.54) is 6.42 Å². The fraction of sp³-hybridized carbons (Fsp3) is 0.355. The minimum Gasteiger partial charge on any atom is -0.459 e. The molecule has 4 rings (SSSR count). The van der Waals surface area contributed by atoms with E-state index >= 15 is 0 Å². The Kier molecular flexibility index (Phi) is 9.47. The number of halogens is 9. The van der Waals surface area contributed by atoms with Gasteiger partial charge in [0.1, 0.15) is 22.9 Å². The minimum atomic E-state index is -4.83. The molecule has 3 aromatic carbocycles. The van der Waals surface area contributed by atoms with Crippen LogP contribution >= 0.6 is 0 Å². The van der Waals surface area contributed by atoms with Crippen LogP contribution in [0, 0.1) is 29.2 Å². The number of alkyl halides is 5. The third-order valence-electron chi connectivity index (χ3n) is 7.25. The van der Waals surface area contributed by atoms with Crippen molar-refractivity contribution in [1.29, 1.82) is 0 Å². The average Bonchev–Trinajstić information content (AvgIpc) is 2.89. The molecule has 0 unspecified atom stereocenters. The zero-order valence-electron chi connectivity index (χ0n) is 22.4. The van der Waals surface area contributed by atoms with Crippen molar-refractivity contribution in [2.75, 3.05) is 0 Å². The fourth-order valence-corrected chi connectivity index (χ4v) is 5.24. The van der Waals surface area contributed by atoms with E-state index in [1.807, 2.05) is 12.1 Å². The van der Waals surface area contributed by atoms with Crippen molar-refractivity contribution in [2.45, 2.75) is 63.7 Å². The Labute approximate surface area is 236 Å². The van der Waals surface area contributed by atoms with Crippen LogP contribution in [0.25, 0.3) is 11.1 Å². The summed E-state index contributed by atoms with van der Waals surface area (Å²) in [6, 6.07) is 8.79. The molecule has 0 radical (unpaired) electrons. The van der Waals surface area contributed by atoms with Gasteiger partial charge in [-0.15, -0.1) is 0 Å².